The van der Waals surface area contributed by atoms with Gasteiger partial charge in [-0.25, -0.2) is 18.7 Å². The largest absolute Gasteiger partial charge is 0.478 e. The lowest BCUT2D eigenvalue weighted by atomic mass is 10.1. The van der Waals surface area contributed by atoms with Gasteiger partial charge in [-0.15, -0.1) is 0 Å². The molecular weight excluding hydrogens is 507 g/mol. The number of ether oxygens (including phenoxy) is 1. The van der Waals surface area contributed by atoms with Crippen molar-refractivity contribution in [2.45, 2.75) is 26.6 Å². The molecule has 38 heavy (non-hydrogen) atoms. The first-order chi connectivity index (χ1) is 18.1. The summed E-state index contributed by atoms with van der Waals surface area (Å²) < 4.78 is 44.5. The van der Waals surface area contributed by atoms with E-state index in [1.165, 1.54) is 24.3 Å². The van der Waals surface area contributed by atoms with E-state index in [1.54, 1.807) is 25.1 Å². The molecule has 0 bridgehead atoms. The van der Waals surface area contributed by atoms with Crippen molar-refractivity contribution in [3.63, 3.8) is 0 Å². The van der Waals surface area contributed by atoms with E-state index in [2.05, 4.69) is 25.5 Å². The lowest BCUT2D eigenvalue weighted by Crippen LogP contribution is -2.28. The van der Waals surface area contributed by atoms with Gasteiger partial charge in [0, 0.05) is 19.2 Å². The fourth-order valence-electron chi connectivity index (χ4n) is 3.67. The number of fused-ring (bicyclic) bond motifs is 1. The number of rotatable bonds is 9. The molecule has 10 nitrogen and oxygen atoms in total. The van der Waals surface area contributed by atoms with E-state index < -0.39 is 30.2 Å². The Morgan fingerprint density at radius 1 is 1.03 bits per heavy atom. The molecule has 0 unspecified atom stereocenters. The number of carbonyl (C=O) groups excluding carboxylic acids is 2. The zero-order valence-corrected chi connectivity index (χ0v) is 19.7. The lowest BCUT2D eigenvalue weighted by Gasteiger charge is -2.11. The van der Waals surface area contributed by atoms with Crippen molar-refractivity contribution in [1.29, 1.82) is 0 Å². The molecule has 4 aromatic rings. The minimum Gasteiger partial charge on any atom is -0.478 e. The van der Waals surface area contributed by atoms with Crippen LogP contribution in [0.5, 0.6) is 5.75 Å². The SMILES string of the molecule is Cc1cc(CNC(=O)c2cc(C(=O)NCc3cccc(OC(F)F)c3)nc3c(F)cnn23)ccc1C(=O)O. The third-order valence-corrected chi connectivity index (χ3v) is 5.45. The Morgan fingerprint density at radius 2 is 1.74 bits per heavy atom. The molecular formula is C25H20F3N5O5. The lowest BCUT2D eigenvalue weighted by molar-refractivity contribution is -0.0499. The average molecular weight is 527 g/mol. The van der Waals surface area contributed by atoms with Gasteiger partial charge in [-0.05, 0) is 41.8 Å². The van der Waals surface area contributed by atoms with Crippen molar-refractivity contribution < 1.29 is 37.4 Å². The minimum atomic E-state index is -3.00. The first-order valence-electron chi connectivity index (χ1n) is 11.1. The molecule has 0 aliphatic carbocycles. The molecule has 0 aliphatic heterocycles. The van der Waals surface area contributed by atoms with Gasteiger partial charge in [-0.2, -0.15) is 13.9 Å². The molecule has 4 rings (SSSR count). The number of carbonyl (C=O) groups is 3. The number of carboxylic acid groups (broad SMARTS) is 1. The smallest absolute Gasteiger partial charge is 0.387 e. The van der Waals surface area contributed by atoms with Crippen LogP contribution in [0.2, 0.25) is 0 Å². The molecule has 0 radical (unpaired) electrons. The Hall–Kier alpha value is -4.94. The number of halogens is 3. The van der Waals surface area contributed by atoms with E-state index in [1.807, 2.05) is 0 Å². The van der Waals surface area contributed by atoms with Crippen molar-refractivity contribution in [2.75, 3.05) is 0 Å². The number of amides is 2. The first-order valence-corrected chi connectivity index (χ1v) is 11.1. The van der Waals surface area contributed by atoms with Gasteiger partial charge < -0.3 is 20.5 Å². The van der Waals surface area contributed by atoms with Crippen LogP contribution in [0.3, 0.4) is 0 Å². The second-order valence-electron chi connectivity index (χ2n) is 8.10. The number of carboxylic acids is 1. The highest BCUT2D eigenvalue weighted by Gasteiger charge is 2.20. The molecule has 0 fully saturated rings. The summed E-state index contributed by atoms with van der Waals surface area (Å²) in [5.41, 5.74) is 0.918. The maximum atomic E-state index is 14.3. The van der Waals surface area contributed by atoms with Gasteiger partial charge in [0.2, 0.25) is 0 Å². The van der Waals surface area contributed by atoms with E-state index in [0.717, 1.165) is 16.8 Å². The number of nitrogens with one attached hydrogen (secondary N) is 2. The fourth-order valence-corrected chi connectivity index (χ4v) is 3.67. The predicted molar refractivity (Wildman–Crippen MR) is 126 cm³/mol. The van der Waals surface area contributed by atoms with Crippen LogP contribution < -0.4 is 15.4 Å². The Bertz CT molecular complexity index is 1540. The van der Waals surface area contributed by atoms with Crippen molar-refractivity contribution >= 4 is 23.4 Å². The number of aryl methyl sites for hydroxylation is 1. The Morgan fingerprint density at radius 3 is 2.42 bits per heavy atom. The summed E-state index contributed by atoms with van der Waals surface area (Å²) in [6.07, 6.45) is 0.850. The molecule has 2 heterocycles. The number of alkyl halides is 2. The molecule has 2 aromatic carbocycles. The van der Waals surface area contributed by atoms with Crippen LogP contribution in [0.25, 0.3) is 5.65 Å². The topological polar surface area (TPSA) is 135 Å². The molecule has 3 N–H and O–H groups in total. The monoisotopic (exact) mass is 527 g/mol. The number of benzene rings is 2. The van der Waals surface area contributed by atoms with Gasteiger partial charge in [0.15, 0.2) is 11.5 Å². The molecule has 196 valence electrons. The van der Waals surface area contributed by atoms with Crippen LogP contribution in [0.4, 0.5) is 13.2 Å². The number of hydrogen-bond donors (Lipinski definition) is 3. The summed E-state index contributed by atoms with van der Waals surface area (Å²) in [6.45, 7) is -1.44. The van der Waals surface area contributed by atoms with Crippen molar-refractivity contribution in [2.24, 2.45) is 0 Å². The molecule has 2 amide bonds. The predicted octanol–water partition coefficient (Wildman–Crippen LogP) is 3.34. The van der Waals surface area contributed by atoms with E-state index in [0.29, 0.717) is 16.7 Å². The quantitative estimate of drug-likeness (QED) is 0.304. The molecule has 0 spiro atoms. The third kappa shape index (κ3) is 5.88. The summed E-state index contributed by atoms with van der Waals surface area (Å²) in [5.74, 6) is -3.45. The standard InChI is InChI=1S/C25H20F3N5O5/c1-13-7-15(5-6-17(13)24(36)37)11-30-23(35)20-9-19(32-21-18(26)12-31-33(20)21)22(34)29-10-14-3-2-4-16(8-14)38-25(27)28/h2-9,12,25H,10-11H2,1H3,(H,29,34)(H,30,35)(H,36,37). The van der Waals surface area contributed by atoms with Gasteiger partial charge in [0.25, 0.3) is 11.8 Å². The van der Waals surface area contributed by atoms with Crippen molar-refractivity contribution in [3.8, 4) is 5.75 Å². The highest BCUT2D eigenvalue weighted by molar-refractivity contribution is 5.98. The van der Waals surface area contributed by atoms with Crippen LogP contribution >= 0.6 is 0 Å². The Labute approximate surface area is 213 Å². The number of aromatic carboxylic acids is 1. The summed E-state index contributed by atoms with van der Waals surface area (Å²) in [4.78, 5) is 40.9. The Balaban J connectivity index is 1.52. The summed E-state index contributed by atoms with van der Waals surface area (Å²) in [7, 11) is 0. The zero-order valence-electron chi connectivity index (χ0n) is 19.7. The maximum absolute atomic E-state index is 14.3. The second kappa shape index (κ2) is 11.0. The fraction of sp³-hybridized carbons (Fsp3) is 0.160. The number of aromatic nitrogens is 3. The third-order valence-electron chi connectivity index (χ3n) is 5.45. The highest BCUT2D eigenvalue weighted by atomic mass is 19.3. The van der Waals surface area contributed by atoms with Crippen molar-refractivity contribution in [1.82, 2.24) is 25.2 Å². The van der Waals surface area contributed by atoms with Crippen LogP contribution in [-0.4, -0.2) is 44.1 Å². The van der Waals surface area contributed by atoms with Crippen LogP contribution in [0.1, 0.15) is 48.0 Å². The van der Waals surface area contributed by atoms with E-state index >= 15 is 0 Å². The van der Waals surface area contributed by atoms with Gasteiger partial charge in [0.1, 0.15) is 17.1 Å². The summed E-state index contributed by atoms with van der Waals surface area (Å²) in [5, 5.41) is 18.1. The molecule has 0 aliphatic rings. The summed E-state index contributed by atoms with van der Waals surface area (Å²) in [6, 6.07) is 11.4. The molecule has 0 atom stereocenters. The number of hydrogen-bond acceptors (Lipinski definition) is 6. The average Bonchev–Trinajstić information content (AvgIpc) is 3.25. The zero-order chi connectivity index (χ0) is 27.4. The van der Waals surface area contributed by atoms with Crippen LogP contribution in [-0.2, 0) is 13.1 Å². The molecule has 13 heteroatoms. The summed E-state index contributed by atoms with van der Waals surface area (Å²) >= 11 is 0. The minimum absolute atomic E-state index is 0.0195. The normalized spacial score (nSPS) is 11.0. The molecule has 0 saturated carbocycles. The van der Waals surface area contributed by atoms with E-state index in [9.17, 15) is 27.6 Å². The van der Waals surface area contributed by atoms with Gasteiger partial charge >= 0.3 is 12.6 Å². The maximum Gasteiger partial charge on any atom is 0.387 e. The van der Waals surface area contributed by atoms with Crippen molar-refractivity contribution in [3.05, 3.63) is 94.2 Å². The van der Waals surface area contributed by atoms with Gasteiger partial charge in [-0.3, -0.25) is 9.59 Å². The van der Waals surface area contributed by atoms with Gasteiger partial charge in [-0.1, -0.05) is 24.3 Å². The van der Waals surface area contributed by atoms with Gasteiger partial charge in [0.05, 0.1) is 11.8 Å². The van der Waals surface area contributed by atoms with E-state index in [-0.39, 0.29) is 41.4 Å². The number of nitrogens with zero attached hydrogens (tertiary/aromatic N) is 3. The van der Waals surface area contributed by atoms with Crippen LogP contribution in [0, 0.1) is 12.7 Å². The van der Waals surface area contributed by atoms with Crippen LogP contribution in [0.15, 0.2) is 54.7 Å². The van der Waals surface area contributed by atoms with E-state index in [4.69, 9.17) is 5.11 Å². The highest BCUT2D eigenvalue weighted by Crippen LogP contribution is 2.17. The first kappa shape index (κ1) is 26.1. The Kier molecular flexibility index (Phi) is 7.55. The molecule has 2 aromatic heterocycles. The molecule has 0 saturated heterocycles. The second-order valence-corrected chi connectivity index (χ2v) is 8.10.